The minimum atomic E-state index is -1.15. The lowest BCUT2D eigenvalue weighted by atomic mass is 9.91. The number of carboxylic acids is 1. The quantitative estimate of drug-likeness (QED) is 0.679. The van der Waals surface area contributed by atoms with Gasteiger partial charge in [-0.2, -0.15) is 0 Å². The average Bonchev–Trinajstić information content (AvgIpc) is 2.36. The molecule has 1 N–H and O–H groups in total. The Hall–Kier alpha value is -2.11. The van der Waals surface area contributed by atoms with Crippen LogP contribution >= 0.6 is 0 Å². The molecule has 0 radical (unpaired) electrons. The molecule has 1 aromatic carbocycles. The molecule has 0 bridgehead atoms. The molecule has 0 spiro atoms. The van der Waals surface area contributed by atoms with Crippen molar-refractivity contribution in [1.29, 1.82) is 0 Å². The fourth-order valence-electron chi connectivity index (χ4n) is 2.93. The van der Waals surface area contributed by atoms with Crippen molar-refractivity contribution >= 4 is 17.3 Å². The highest BCUT2D eigenvalue weighted by Crippen LogP contribution is 2.33. The molecule has 20 heavy (non-hydrogen) atoms. The maximum absolute atomic E-state index is 11.2. The van der Waals surface area contributed by atoms with Crippen LogP contribution in [0.2, 0.25) is 0 Å². The first-order valence-corrected chi connectivity index (χ1v) is 6.65. The first-order valence-electron chi connectivity index (χ1n) is 6.65. The highest BCUT2D eigenvalue weighted by atomic mass is 16.6. The lowest BCUT2D eigenvalue weighted by Gasteiger charge is -2.36. The lowest BCUT2D eigenvalue weighted by molar-refractivity contribution is -0.384. The Morgan fingerprint density at radius 1 is 1.35 bits per heavy atom. The van der Waals surface area contributed by atoms with E-state index in [0.29, 0.717) is 17.5 Å². The van der Waals surface area contributed by atoms with E-state index in [1.54, 1.807) is 6.07 Å². The maximum Gasteiger partial charge on any atom is 0.335 e. The van der Waals surface area contributed by atoms with Crippen molar-refractivity contribution < 1.29 is 14.8 Å². The van der Waals surface area contributed by atoms with Gasteiger partial charge in [-0.3, -0.25) is 10.1 Å². The van der Waals surface area contributed by atoms with Crippen LogP contribution in [-0.2, 0) is 0 Å². The molecule has 1 aliphatic heterocycles. The molecule has 0 aromatic heterocycles. The third-order valence-electron chi connectivity index (χ3n) is 3.63. The van der Waals surface area contributed by atoms with Gasteiger partial charge in [-0.15, -0.1) is 0 Å². The predicted molar refractivity (Wildman–Crippen MR) is 75.2 cm³/mol. The normalized spacial score (nSPS) is 22.6. The van der Waals surface area contributed by atoms with Gasteiger partial charge in [-0.1, -0.05) is 13.8 Å². The second kappa shape index (κ2) is 5.48. The molecule has 108 valence electrons. The summed E-state index contributed by atoms with van der Waals surface area (Å²) >= 11 is 0. The number of benzene rings is 1. The van der Waals surface area contributed by atoms with Gasteiger partial charge < -0.3 is 10.0 Å². The summed E-state index contributed by atoms with van der Waals surface area (Å²) in [5, 5.41) is 20.1. The molecular weight excluding hydrogens is 260 g/mol. The van der Waals surface area contributed by atoms with Gasteiger partial charge in [0.05, 0.1) is 10.5 Å². The van der Waals surface area contributed by atoms with Gasteiger partial charge in [0.2, 0.25) is 0 Å². The number of piperidine rings is 1. The molecule has 2 rings (SSSR count). The number of nitro groups is 1. The van der Waals surface area contributed by atoms with E-state index in [2.05, 4.69) is 13.8 Å². The maximum atomic E-state index is 11.2. The number of nitro benzene ring substituents is 1. The van der Waals surface area contributed by atoms with E-state index in [1.165, 1.54) is 6.07 Å². The van der Waals surface area contributed by atoms with Crippen LogP contribution in [0.4, 0.5) is 11.4 Å². The Morgan fingerprint density at radius 2 is 1.95 bits per heavy atom. The second-order valence-electron chi connectivity index (χ2n) is 5.62. The molecule has 6 nitrogen and oxygen atoms in total. The first-order chi connectivity index (χ1) is 9.38. The number of carbonyl (C=O) groups is 1. The Labute approximate surface area is 117 Å². The summed E-state index contributed by atoms with van der Waals surface area (Å²) < 4.78 is 0. The first kappa shape index (κ1) is 14.3. The summed E-state index contributed by atoms with van der Waals surface area (Å²) in [5.74, 6) is -0.213. The predicted octanol–water partition coefficient (Wildman–Crippen LogP) is 2.78. The van der Waals surface area contributed by atoms with E-state index in [1.807, 2.05) is 4.90 Å². The zero-order valence-electron chi connectivity index (χ0n) is 11.6. The molecule has 2 atom stereocenters. The van der Waals surface area contributed by atoms with Gasteiger partial charge in [0, 0.05) is 19.2 Å². The molecule has 0 aliphatic carbocycles. The molecule has 1 aliphatic rings. The smallest absolute Gasteiger partial charge is 0.335 e. The fraction of sp³-hybridized carbons (Fsp3) is 0.500. The van der Waals surface area contributed by atoms with E-state index in [-0.39, 0.29) is 11.3 Å². The van der Waals surface area contributed by atoms with Crippen molar-refractivity contribution in [3.8, 4) is 0 Å². The van der Waals surface area contributed by atoms with E-state index < -0.39 is 10.9 Å². The number of nitrogens with zero attached hydrogens (tertiary/aromatic N) is 2. The number of hydrogen-bond donors (Lipinski definition) is 1. The Bertz CT molecular complexity index is 534. The summed E-state index contributed by atoms with van der Waals surface area (Å²) in [6, 6.07) is 4.11. The number of anilines is 1. The van der Waals surface area contributed by atoms with Crippen LogP contribution < -0.4 is 4.90 Å². The average molecular weight is 278 g/mol. The molecule has 1 saturated heterocycles. The van der Waals surface area contributed by atoms with Crippen molar-refractivity contribution in [3.05, 3.63) is 33.9 Å². The molecule has 0 saturated carbocycles. The van der Waals surface area contributed by atoms with Gasteiger partial charge in [-0.25, -0.2) is 4.79 Å². The van der Waals surface area contributed by atoms with Crippen molar-refractivity contribution in [3.63, 3.8) is 0 Å². The molecule has 1 fully saturated rings. The standard InChI is InChI=1S/C14H18N2O4/c1-9-5-10(2)8-15(7-9)12-4-3-11(14(17)18)6-13(12)16(19)20/h3-4,6,9-10H,5,7-8H2,1-2H3,(H,17,18)/t9-,10+. The van der Waals surface area contributed by atoms with Gasteiger partial charge in [0.15, 0.2) is 0 Å². The second-order valence-corrected chi connectivity index (χ2v) is 5.62. The van der Waals surface area contributed by atoms with E-state index in [4.69, 9.17) is 5.11 Å². The van der Waals surface area contributed by atoms with Gasteiger partial charge in [0.1, 0.15) is 5.69 Å². The summed E-state index contributed by atoms with van der Waals surface area (Å²) in [4.78, 5) is 23.6. The third kappa shape index (κ3) is 2.89. The van der Waals surface area contributed by atoms with Gasteiger partial charge in [0.25, 0.3) is 5.69 Å². The molecule has 0 amide bonds. The molecule has 6 heteroatoms. The topological polar surface area (TPSA) is 83.7 Å². The Balaban J connectivity index is 2.40. The summed E-state index contributed by atoms with van der Waals surface area (Å²) in [5.41, 5.74) is 0.322. The number of aromatic carboxylic acids is 1. The zero-order valence-corrected chi connectivity index (χ0v) is 11.6. The molecule has 1 aromatic rings. The van der Waals surface area contributed by atoms with Crippen LogP contribution in [0.1, 0.15) is 30.6 Å². The van der Waals surface area contributed by atoms with Crippen molar-refractivity contribution in [2.24, 2.45) is 11.8 Å². The van der Waals surface area contributed by atoms with Crippen LogP contribution in [0.15, 0.2) is 18.2 Å². The minimum Gasteiger partial charge on any atom is -0.478 e. The number of hydrogen-bond acceptors (Lipinski definition) is 4. The summed E-state index contributed by atoms with van der Waals surface area (Å²) in [6.45, 7) is 5.77. The Morgan fingerprint density at radius 3 is 2.45 bits per heavy atom. The summed E-state index contributed by atoms with van der Waals surface area (Å²) in [7, 11) is 0. The SMILES string of the molecule is C[C@@H]1C[C@H](C)CN(c2ccc(C(=O)O)cc2[N+](=O)[O-])C1. The van der Waals surface area contributed by atoms with E-state index >= 15 is 0 Å². The number of carboxylic acid groups (broad SMARTS) is 1. The Kier molecular flexibility index (Phi) is 3.92. The van der Waals surface area contributed by atoms with Crippen LogP contribution in [0.25, 0.3) is 0 Å². The van der Waals surface area contributed by atoms with Crippen LogP contribution in [0.3, 0.4) is 0 Å². The number of rotatable bonds is 3. The van der Waals surface area contributed by atoms with Crippen LogP contribution in [0, 0.1) is 22.0 Å². The zero-order chi connectivity index (χ0) is 14.9. The molecule has 1 heterocycles. The van der Waals surface area contributed by atoms with Crippen LogP contribution in [0.5, 0.6) is 0 Å². The molecular formula is C14H18N2O4. The minimum absolute atomic E-state index is 0.0569. The largest absolute Gasteiger partial charge is 0.478 e. The highest BCUT2D eigenvalue weighted by molar-refractivity contribution is 5.89. The highest BCUT2D eigenvalue weighted by Gasteiger charge is 2.27. The van der Waals surface area contributed by atoms with E-state index in [9.17, 15) is 14.9 Å². The van der Waals surface area contributed by atoms with Crippen molar-refractivity contribution in [1.82, 2.24) is 0 Å². The lowest BCUT2D eigenvalue weighted by Crippen LogP contribution is -2.39. The van der Waals surface area contributed by atoms with E-state index in [0.717, 1.165) is 25.6 Å². The van der Waals surface area contributed by atoms with Gasteiger partial charge >= 0.3 is 5.97 Å². The molecule has 0 unspecified atom stereocenters. The summed E-state index contributed by atoms with van der Waals surface area (Å²) in [6.07, 6.45) is 1.11. The van der Waals surface area contributed by atoms with Gasteiger partial charge in [-0.05, 0) is 30.4 Å². The van der Waals surface area contributed by atoms with Crippen molar-refractivity contribution in [2.45, 2.75) is 20.3 Å². The van der Waals surface area contributed by atoms with Crippen molar-refractivity contribution in [2.75, 3.05) is 18.0 Å². The monoisotopic (exact) mass is 278 g/mol. The van der Waals surface area contributed by atoms with Crippen LogP contribution in [-0.4, -0.2) is 29.1 Å². The fourth-order valence-corrected chi connectivity index (χ4v) is 2.93. The third-order valence-corrected chi connectivity index (χ3v) is 3.63.